The molecule has 4 heteroatoms. The van der Waals surface area contributed by atoms with E-state index in [0.717, 1.165) is 18.8 Å². The number of hydrogen-bond acceptors (Lipinski definition) is 2. The molecular formula is C19H31N3O. The number of amides is 2. The summed E-state index contributed by atoms with van der Waals surface area (Å²) in [6, 6.07) is 10.2. The van der Waals surface area contributed by atoms with Crippen LogP contribution in [0.5, 0.6) is 0 Å². The van der Waals surface area contributed by atoms with Gasteiger partial charge < -0.3 is 15.5 Å². The summed E-state index contributed by atoms with van der Waals surface area (Å²) in [5, 5.41) is 5.78. The van der Waals surface area contributed by atoms with Crippen molar-refractivity contribution in [2.24, 2.45) is 5.92 Å². The molecule has 0 heterocycles. The van der Waals surface area contributed by atoms with Crippen molar-refractivity contribution in [1.82, 2.24) is 15.5 Å². The third-order valence-corrected chi connectivity index (χ3v) is 3.19. The molecule has 0 bridgehead atoms. The number of carbonyl (C=O) groups excluding carboxylic acids is 1. The Morgan fingerprint density at radius 1 is 1.22 bits per heavy atom. The van der Waals surface area contributed by atoms with E-state index >= 15 is 0 Å². The van der Waals surface area contributed by atoms with Crippen LogP contribution in [0.3, 0.4) is 0 Å². The molecule has 0 aliphatic heterocycles. The molecule has 0 atom stereocenters. The Kier molecular flexibility index (Phi) is 7.14. The highest BCUT2D eigenvalue weighted by Gasteiger charge is 2.15. The lowest BCUT2D eigenvalue weighted by Crippen LogP contribution is -2.47. The van der Waals surface area contributed by atoms with Crippen molar-refractivity contribution < 1.29 is 4.79 Å². The van der Waals surface area contributed by atoms with E-state index in [1.807, 2.05) is 39.0 Å². The van der Waals surface area contributed by atoms with E-state index in [1.165, 1.54) is 5.56 Å². The Morgan fingerprint density at radius 3 is 2.35 bits per heavy atom. The van der Waals surface area contributed by atoms with E-state index < -0.39 is 0 Å². The largest absolute Gasteiger partial charge is 0.369 e. The maximum atomic E-state index is 11.9. The van der Waals surface area contributed by atoms with Crippen molar-refractivity contribution in [3.8, 4) is 0 Å². The minimum atomic E-state index is -0.243. The fraction of sp³-hybridized carbons (Fsp3) is 0.526. The lowest BCUT2D eigenvalue weighted by Gasteiger charge is -2.29. The van der Waals surface area contributed by atoms with E-state index in [-0.39, 0.29) is 11.6 Å². The van der Waals surface area contributed by atoms with Crippen LogP contribution in [0.15, 0.2) is 42.6 Å². The molecule has 4 nitrogen and oxygen atoms in total. The summed E-state index contributed by atoms with van der Waals surface area (Å²) in [5.41, 5.74) is 1.92. The Labute approximate surface area is 141 Å². The molecule has 0 aliphatic carbocycles. The third kappa shape index (κ3) is 8.29. The molecule has 0 fully saturated rings. The van der Waals surface area contributed by atoms with E-state index in [1.54, 1.807) is 0 Å². The summed E-state index contributed by atoms with van der Waals surface area (Å²) in [7, 11) is 0. The summed E-state index contributed by atoms with van der Waals surface area (Å²) in [6.07, 6.45) is 0. The van der Waals surface area contributed by atoms with E-state index in [9.17, 15) is 4.79 Å². The smallest absolute Gasteiger partial charge is 0.315 e. The van der Waals surface area contributed by atoms with E-state index in [4.69, 9.17) is 0 Å². The van der Waals surface area contributed by atoms with Gasteiger partial charge in [-0.3, -0.25) is 0 Å². The molecule has 0 unspecified atom stereocenters. The van der Waals surface area contributed by atoms with Gasteiger partial charge in [0.05, 0.1) is 6.54 Å². The Bertz CT molecular complexity index is 503. The first-order valence-corrected chi connectivity index (χ1v) is 8.20. The first kappa shape index (κ1) is 19.1. The highest BCUT2D eigenvalue weighted by molar-refractivity contribution is 5.74. The van der Waals surface area contributed by atoms with Crippen LogP contribution in [0.25, 0.3) is 0 Å². The average Bonchev–Trinajstić information content (AvgIpc) is 2.43. The average molecular weight is 317 g/mol. The van der Waals surface area contributed by atoms with Gasteiger partial charge in [-0.15, -0.1) is 0 Å². The maximum absolute atomic E-state index is 11.9. The summed E-state index contributed by atoms with van der Waals surface area (Å²) in [5.74, 6) is 0.527. The quantitative estimate of drug-likeness (QED) is 0.804. The minimum absolute atomic E-state index is 0.164. The van der Waals surface area contributed by atoms with E-state index in [2.05, 4.69) is 48.1 Å². The van der Waals surface area contributed by atoms with Gasteiger partial charge in [-0.2, -0.15) is 0 Å². The van der Waals surface area contributed by atoms with Gasteiger partial charge in [-0.25, -0.2) is 4.79 Å². The van der Waals surface area contributed by atoms with Crippen LogP contribution in [-0.4, -0.2) is 29.6 Å². The molecule has 1 rings (SSSR count). The van der Waals surface area contributed by atoms with Gasteiger partial charge in [0.15, 0.2) is 0 Å². The fourth-order valence-corrected chi connectivity index (χ4v) is 2.23. The van der Waals surface area contributed by atoms with Crippen LogP contribution < -0.4 is 10.6 Å². The molecule has 0 saturated heterocycles. The van der Waals surface area contributed by atoms with Crippen molar-refractivity contribution in [2.75, 3.05) is 13.1 Å². The summed E-state index contributed by atoms with van der Waals surface area (Å²) in [6.45, 7) is 16.6. The molecule has 0 radical (unpaired) electrons. The van der Waals surface area contributed by atoms with Gasteiger partial charge in [0.25, 0.3) is 0 Å². The number of nitrogens with one attached hydrogen (secondary N) is 2. The van der Waals surface area contributed by atoms with Crippen LogP contribution in [-0.2, 0) is 6.54 Å². The Morgan fingerprint density at radius 2 is 1.83 bits per heavy atom. The summed E-state index contributed by atoms with van der Waals surface area (Å²) in [4.78, 5) is 14.1. The van der Waals surface area contributed by atoms with Gasteiger partial charge in [-0.05, 0) is 32.3 Å². The highest BCUT2D eigenvalue weighted by Crippen LogP contribution is 2.12. The number of benzene rings is 1. The molecule has 0 saturated carbocycles. The zero-order valence-electron chi connectivity index (χ0n) is 15.1. The van der Waals surface area contributed by atoms with Gasteiger partial charge in [0.1, 0.15) is 0 Å². The van der Waals surface area contributed by atoms with E-state index in [0.29, 0.717) is 12.5 Å². The van der Waals surface area contributed by atoms with Crippen LogP contribution in [0.2, 0.25) is 0 Å². The second-order valence-corrected chi connectivity index (χ2v) is 7.38. The molecule has 0 aliphatic rings. The second kappa shape index (κ2) is 8.61. The summed E-state index contributed by atoms with van der Waals surface area (Å²) < 4.78 is 0. The predicted molar refractivity (Wildman–Crippen MR) is 97.1 cm³/mol. The maximum Gasteiger partial charge on any atom is 0.315 e. The highest BCUT2D eigenvalue weighted by atomic mass is 16.2. The van der Waals surface area contributed by atoms with Gasteiger partial charge >= 0.3 is 6.03 Å². The second-order valence-electron chi connectivity index (χ2n) is 7.38. The van der Waals surface area contributed by atoms with Gasteiger partial charge in [0.2, 0.25) is 0 Å². The number of carbonyl (C=O) groups is 1. The van der Waals surface area contributed by atoms with Crippen molar-refractivity contribution in [1.29, 1.82) is 0 Å². The Hall–Kier alpha value is -1.97. The first-order valence-electron chi connectivity index (χ1n) is 8.20. The van der Waals surface area contributed by atoms with Crippen LogP contribution in [0.1, 0.15) is 40.2 Å². The van der Waals surface area contributed by atoms with Crippen LogP contribution >= 0.6 is 0 Å². The monoisotopic (exact) mass is 317 g/mol. The number of urea groups is 1. The van der Waals surface area contributed by atoms with Crippen LogP contribution in [0.4, 0.5) is 4.79 Å². The SMILES string of the molecule is C=C(CNC(=O)NC(C)(C)C)N(Cc1ccccc1)CC(C)C. The normalized spacial score (nSPS) is 11.2. The number of rotatable bonds is 7. The molecule has 2 N–H and O–H groups in total. The van der Waals surface area contributed by atoms with Crippen LogP contribution in [0, 0.1) is 5.92 Å². The number of hydrogen-bond donors (Lipinski definition) is 2. The van der Waals surface area contributed by atoms with Gasteiger partial charge in [-0.1, -0.05) is 50.8 Å². The lowest BCUT2D eigenvalue weighted by molar-refractivity contribution is 0.230. The third-order valence-electron chi connectivity index (χ3n) is 3.19. The molecular weight excluding hydrogens is 286 g/mol. The standard InChI is InChI=1S/C19H31N3O/c1-15(2)13-22(14-17-10-8-7-9-11-17)16(3)12-20-18(23)21-19(4,5)6/h7-11,15H,3,12-14H2,1-2,4-6H3,(H2,20,21,23). The molecule has 1 aromatic carbocycles. The minimum Gasteiger partial charge on any atom is -0.369 e. The Balaban J connectivity index is 2.60. The molecule has 0 spiro atoms. The lowest BCUT2D eigenvalue weighted by atomic mass is 10.1. The zero-order valence-corrected chi connectivity index (χ0v) is 15.1. The van der Waals surface area contributed by atoms with Crippen molar-refractivity contribution in [2.45, 2.75) is 46.7 Å². The van der Waals surface area contributed by atoms with Crippen molar-refractivity contribution >= 4 is 6.03 Å². The topological polar surface area (TPSA) is 44.4 Å². The first-order chi connectivity index (χ1) is 10.7. The van der Waals surface area contributed by atoms with Crippen molar-refractivity contribution in [3.63, 3.8) is 0 Å². The zero-order chi connectivity index (χ0) is 17.5. The molecule has 0 aromatic heterocycles. The molecule has 23 heavy (non-hydrogen) atoms. The van der Waals surface area contributed by atoms with Crippen molar-refractivity contribution in [3.05, 3.63) is 48.2 Å². The molecule has 1 aromatic rings. The predicted octanol–water partition coefficient (Wildman–Crippen LogP) is 3.76. The molecule has 2 amide bonds. The summed E-state index contributed by atoms with van der Waals surface area (Å²) >= 11 is 0. The molecule has 128 valence electrons. The number of nitrogens with zero attached hydrogens (tertiary/aromatic N) is 1. The van der Waals surface area contributed by atoms with Gasteiger partial charge in [0, 0.05) is 24.3 Å². The fourth-order valence-electron chi connectivity index (χ4n) is 2.23.